The highest BCUT2D eigenvalue weighted by atomic mass is 15.3. The summed E-state index contributed by atoms with van der Waals surface area (Å²) < 4.78 is 2.49. The first-order valence-corrected chi connectivity index (χ1v) is 27.9. The highest BCUT2D eigenvalue weighted by Crippen LogP contribution is 2.17. The fourth-order valence-electron chi connectivity index (χ4n) is 9.04. The number of hydrogen-bond donors (Lipinski definition) is 0. The predicted molar refractivity (Wildman–Crippen MR) is 270 cm³/mol. The monoisotopic (exact) mass is 821 g/mol. The molecule has 0 aromatic heterocycles. The van der Waals surface area contributed by atoms with Gasteiger partial charge in [-0.25, -0.2) is 0 Å². The molecule has 0 aliphatic rings. The molecule has 0 unspecified atom stereocenters. The lowest BCUT2D eigenvalue weighted by molar-refractivity contribution is -0.890. The van der Waals surface area contributed by atoms with E-state index in [4.69, 9.17) is 0 Å². The third kappa shape index (κ3) is 53.9. The fourth-order valence-corrected chi connectivity index (χ4v) is 9.04. The van der Waals surface area contributed by atoms with Gasteiger partial charge in [0, 0.05) is 0 Å². The molecule has 0 saturated carbocycles. The van der Waals surface area contributed by atoms with Crippen molar-refractivity contribution in [2.45, 2.75) is 310 Å². The molecule has 0 aliphatic heterocycles. The van der Waals surface area contributed by atoms with Gasteiger partial charge in [0.2, 0.25) is 0 Å². The molecule has 0 atom stereocenters. The number of quaternary nitrogens is 2. The number of unbranched alkanes of at least 4 members (excludes halogenated alkanes) is 40. The molecular weight excluding hydrogens is 701 g/mol. The zero-order valence-corrected chi connectivity index (χ0v) is 42.8. The molecule has 2 heteroatoms. The molecule has 0 radical (unpaired) electrons. The Labute approximate surface area is 372 Å². The average molecular weight is 822 g/mol. The molecule has 0 aromatic rings. The molecule has 2 nitrogen and oxygen atoms in total. The predicted octanol–water partition coefficient (Wildman–Crippen LogP) is 19.4. The lowest BCUT2D eigenvalue weighted by Gasteiger charge is -2.30. The molecule has 0 bridgehead atoms. The Balaban J connectivity index is 0. The summed E-state index contributed by atoms with van der Waals surface area (Å²) >= 11 is 0. The van der Waals surface area contributed by atoms with E-state index in [-0.39, 0.29) is 0 Å². The Morgan fingerprint density at radius 3 is 0.379 bits per heavy atom. The maximum Gasteiger partial charge on any atom is 0.0782 e. The Morgan fingerprint density at radius 1 is 0.155 bits per heavy atom. The summed E-state index contributed by atoms with van der Waals surface area (Å²) in [5.41, 5.74) is 0. The van der Waals surface area contributed by atoms with E-state index in [0.29, 0.717) is 0 Å². The maximum absolute atomic E-state index is 2.46. The van der Waals surface area contributed by atoms with Crippen molar-refractivity contribution in [3.8, 4) is 0 Å². The number of nitrogens with zero attached hydrogens (tertiary/aromatic N) is 2. The van der Waals surface area contributed by atoms with Gasteiger partial charge < -0.3 is 8.97 Å². The van der Waals surface area contributed by atoms with Gasteiger partial charge in [-0.15, -0.1) is 0 Å². The van der Waals surface area contributed by atoms with Crippen LogP contribution in [0.25, 0.3) is 0 Å². The Hall–Kier alpha value is -0.0800. The van der Waals surface area contributed by atoms with E-state index in [1.54, 1.807) is 0 Å². The van der Waals surface area contributed by atoms with Gasteiger partial charge in [-0.1, -0.05) is 259 Å². The van der Waals surface area contributed by atoms with Crippen molar-refractivity contribution >= 4 is 0 Å². The minimum absolute atomic E-state index is 1.24. The number of hydrogen-bond acceptors (Lipinski definition) is 0. The first-order chi connectivity index (χ1) is 28.2. The molecule has 0 aliphatic carbocycles. The van der Waals surface area contributed by atoms with Crippen LogP contribution in [0.5, 0.6) is 0 Å². The summed E-state index contributed by atoms with van der Waals surface area (Å²) in [5, 5.41) is 0. The van der Waals surface area contributed by atoms with Crippen molar-refractivity contribution in [2.24, 2.45) is 0 Å². The minimum Gasteiger partial charge on any atom is -0.328 e. The highest BCUT2D eigenvalue weighted by Gasteiger charge is 2.14. The standard InChI is InChI=1S/C30H64N.C26H56N/c1-5-7-9-11-13-15-17-19-21-23-25-27-29-31(3,4)30-28-26-24-22-20-18-16-14-12-10-8-6-2;1-5-7-9-11-13-15-17-19-21-23-25-27(3,4)26-24-22-20-18-16-14-12-10-8-6-2/h5-30H2,1-4H3;5-26H2,1-4H3/q2*+1. The van der Waals surface area contributed by atoms with Crippen LogP contribution in [0.15, 0.2) is 0 Å². The molecule has 0 N–H and O–H groups in total. The van der Waals surface area contributed by atoms with Crippen molar-refractivity contribution in [2.75, 3.05) is 54.4 Å². The first-order valence-electron chi connectivity index (χ1n) is 27.9. The topological polar surface area (TPSA) is 0 Å². The van der Waals surface area contributed by atoms with E-state index in [0.717, 1.165) is 0 Å². The third-order valence-electron chi connectivity index (χ3n) is 13.5. The molecule has 352 valence electrons. The summed E-state index contributed by atoms with van der Waals surface area (Å²) in [5.74, 6) is 0. The van der Waals surface area contributed by atoms with Gasteiger partial charge >= 0.3 is 0 Å². The van der Waals surface area contributed by atoms with Crippen molar-refractivity contribution in [3.63, 3.8) is 0 Å². The van der Waals surface area contributed by atoms with Crippen molar-refractivity contribution in [1.82, 2.24) is 0 Å². The molecule has 0 saturated heterocycles. The van der Waals surface area contributed by atoms with Gasteiger partial charge in [-0.05, 0) is 51.4 Å². The van der Waals surface area contributed by atoms with Crippen molar-refractivity contribution in [1.29, 1.82) is 0 Å². The van der Waals surface area contributed by atoms with Crippen molar-refractivity contribution < 1.29 is 8.97 Å². The lowest BCUT2D eigenvalue weighted by atomic mass is 10.0. The van der Waals surface area contributed by atoms with Crippen LogP contribution in [-0.4, -0.2) is 63.3 Å². The van der Waals surface area contributed by atoms with Crippen LogP contribution >= 0.6 is 0 Å². The molecule has 0 amide bonds. The van der Waals surface area contributed by atoms with E-state index in [1.165, 1.54) is 318 Å². The van der Waals surface area contributed by atoms with E-state index in [2.05, 4.69) is 55.9 Å². The molecule has 58 heavy (non-hydrogen) atoms. The average Bonchev–Trinajstić information content (AvgIpc) is 3.20. The van der Waals surface area contributed by atoms with Crippen LogP contribution in [-0.2, 0) is 0 Å². The fraction of sp³-hybridized carbons (Fsp3) is 1.00. The van der Waals surface area contributed by atoms with Gasteiger partial charge in [0.15, 0.2) is 0 Å². The quantitative estimate of drug-likeness (QED) is 0.0424. The normalized spacial score (nSPS) is 12.0. The molecular formula is C56H120N2+2. The second-order valence-electron chi connectivity index (χ2n) is 20.9. The smallest absolute Gasteiger partial charge is 0.0782 e. The molecule has 0 rings (SSSR count). The summed E-state index contributed by atoms with van der Waals surface area (Å²) in [6.45, 7) is 14.7. The van der Waals surface area contributed by atoms with Crippen LogP contribution in [0.4, 0.5) is 0 Å². The van der Waals surface area contributed by atoms with E-state index in [9.17, 15) is 0 Å². The van der Waals surface area contributed by atoms with E-state index < -0.39 is 0 Å². The SMILES string of the molecule is CCCCCCCCCCCCCC[N+](C)(C)CCCCCCCCCCCCCC.CCCCCCCCCCCC[N+](C)(C)CCCCCCCCCCCC. The molecule has 0 heterocycles. The lowest BCUT2D eigenvalue weighted by Crippen LogP contribution is -2.41. The number of rotatable bonds is 48. The maximum atomic E-state index is 2.46. The van der Waals surface area contributed by atoms with Crippen LogP contribution in [0.3, 0.4) is 0 Å². The Kier molecular flexibility index (Phi) is 51.3. The molecule has 0 spiro atoms. The van der Waals surface area contributed by atoms with Gasteiger partial charge in [0.05, 0.1) is 54.4 Å². The largest absolute Gasteiger partial charge is 0.328 e. The molecule has 0 aromatic carbocycles. The first kappa shape index (κ1) is 60.0. The Bertz CT molecular complexity index is 657. The van der Waals surface area contributed by atoms with Gasteiger partial charge in [0.1, 0.15) is 0 Å². The third-order valence-corrected chi connectivity index (χ3v) is 13.5. The van der Waals surface area contributed by atoms with Crippen molar-refractivity contribution in [3.05, 3.63) is 0 Å². The zero-order chi connectivity index (χ0) is 42.9. The Morgan fingerprint density at radius 2 is 0.259 bits per heavy atom. The zero-order valence-electron chi connectivity index (χ0n) is 42.8. The molecule has 0 fully saturated rings. The van der Waals surface area contributed by atoms with E-state index in [1.807, 2.05) is 0 Å². The summed E-state index contributed by atoms with van der Waals surface area (Å²) in [4.78, 5) is 0. The van der Waals surface area contributed by atoms with Gasteiger partial charge in [-0.3, -0.25) is 0 Å². The summed E-state index contributed by atoms with van der Waals surface area (Å²) in [7, 11) is 9.80. The second kappa shape index (κ2) is 49.6. The minimum atomic E-state index is 1.24. The summed E-state index contributed by atoms with van der Waals surface area (Å²) in [6, 6.07) is 0. The van der Waals surface area contributed by atoms with E-state index >= 15 is 0 Å². The van der Waals surface area contributed by atoms with Crippen LogP contribution in [0, 0.1) is 0 Å². The van der Waals surface area contributed by atoms with Crippen LogP contribution in [0.2, 0.25) is 0 Å². The second-order valence-corrected chi connectivity index (χ2v) is 20.9. The van der Waals surface area contributed by atoms with Crippen LogP contribution < -0.4 is 0 Å². The van der Waals surface area contributed by atoms with Crippen LogP contribution in [0.1, 0.15) is 310 Å². The highest BCUT2D eigenvalue weighted by molar-refractivity contribution is 4.53. The summed E-state index contributed by atoms with van der Waals surface area (Å²) in [6.07, 6.45) is 64.0. The van der Waals surface area contributed by atoms with Gasteiger partial charge in [-0.2, -0.15) is 0 Å². The van der Waals surface area contributed by atoms with Gasteiger partial charge in [0.25, 0.3) is 0 Å².